The summed E-state index contributed by atoms with van der Waals surface area (Å²) in [5.74, 6) is 1.06. The van der Waals surface area contributed by atoms with Crippen LogP contribution in [0.3, 0.4) is 0 Å². The maximum absolute atomic E-state index is 6.46. The van der Waals surface area contributed by atoms with Crippen molar-refractivity contribution < 1.29 is 0 Å². The van der Waals surface area contributed by atoms with Gasteiger partial charge in [0.1, 0.15) is 0 Å². The molecule has 2 nitrogen and oxygen atoms in total. The summed E-state index contributed by atoms with van der Waals surface area (Å²) < 4.78 is 0. The molecular formula is C25H26Cl2N2. The number of nitrogens with zero attached hydrogens (tertiary/aromatic N) is 2. The van der Waals surface area contributed by atoms with Crippen molar-refractivity contribution in [1.29, 1.82) is 0 Å². The van der Waals surface area contributed by atoms with Crippen LogP contribution in [0.2, 0.25) is 5.02 Å². The second kappa shape index (κ2) is 8.18. The second-order valence-corrected chi connectivity index (χ2v) is 9.22. The van der Waals surface area contributed by atoms with Crippen molar-refractivity contribution in [2.45, 2.75) is 31.6 Å². The lowest BCUT2D eigenvalue weighted by Gasteiger charge is -2.42. The first-order valence-corrected chi connectivity index (χ1v) is 11.4. The predicted octanol–water partition coefficient (Wildman–Crippen LogP) is 6.15. The number of piperidine rings is 1. The van der Waals surface area contributed by atoms with Crippen molar-refractivity contribution in [3.8, 4) is 0 Å². The number of hydrogen-bond donors (Lipinski definition) is 0. The highest BCUT2D eigenvalue weighted by molar-refractivity contribution is 6.31. The van der Waals surface area contributed by atoms with E-state index in [1.54, 1.807) is 0 Å². The van der Waals surface area contributed by atoms with E-state index in [1.165, 1.54) is 35.1 Å². The number of allylic oxidation sites excluding steroid dienone is 2. The summed E-state index contributed by atoms with van der Waals surface area (Å²) in [5, 5.41) is 6.37. The Kier molecular flexibility index (Phi) is 5.43. The fourth-order valence-electron chi connectivity index (χ4n) is 5.28. The highest BCUT2D eigenvalue weighted by Gasteiger charge is 2.33. The van der Waals surface area contributed by atoms with Gasteiger partial charge in [0.25, 0.3) is 0 Å². The molecule has 0 spiro atoms. The van der Waals surface area contributed by atoms with Crippen LogP contribution in [0.15, 0.2) is 65.8 Å². The van der Waals surface area contributed by atoms with Crippen molar-refractivity contribution in [2.24, 2.45) is 5.92 Å². The number of hydrazine groups is 1. The zero-order valence-electron chi connectivity index (χ0n) is 16.5. The van der Waals surface area contributed by atoms with Crippen molar-refractivity contribution in [3.63, 3.8) is 0 Å². The summed E-state index contributed by atoms with van der Waals surface area (Å²) in [6, 6.07) is 15.6. The van der Waals surface area contributed by atoms with Crippen molar-refractivity contribution in [3.05, 3.63) is 93.1 Å². The summed E-state index contributed by atoms with van der Waals surface area (Å²) in [6.07, 6.45) is 10.7. The molecule has 0 aromatic heterocycles. The van der Waals surface area contributed by atoms with Gasteiger partial charge >= 0.3 is 0 Å². The molecule has 0 saturated carbocycles. The molecule has 1 atom stereocenters. The van der Waals surface area contributed by atoms with Crippen LogP contribution in [0.4, 0.5) is 0 Å². The van der Waals surface area contributed by atoms with Gasteiger partial charge in [-0.2, -0.15) is 0 Å². The summed E-state index contributed by atoms with van der Waals surface area (Å²) in [4.78, 5) is 0. The number of rotatable bonds is 2. The lowest BCUT2D eigenvalue weighted by atomic mass is 9.75. The molecule has 1 aliphatic carbocycles. The molecule has 1 unspecified atom stereocenters. The van der Waals surface area contributed by atoms with E-state index in [0.29, 0.717) is 11.8 Å². The molecule has 1 saturated heterocycles. The molecule has 3 aliphatic rings. The highest BCUT2D eigenvalue weighted by Crippen LogP contribution is 2.44. The molecule has 1 fully saturated rings. The minimum atomic E-state index is 0.435. The predicted molar refractivity (Wildman–Crippen MR) is 121 cm³/mol. The van der Waals surface area contributed by atoms with E-state index in [4.69, 9.17) is 23.2 Å². The fraction of sp³-hybridized carbons (Fsp3) is 0.360. The number of benzene rings is 2. The van der Waals surface area contributed by atoms with Gasteiger partial charge in [0, 0.05) is 30.2 Å². The number of fused-ring (bicyclic) bond motifs is 2. The maximum atomic E-state index is 6.46. The second-order valence-electron chi connectivity index (χ2n) is 8.35. The summed E-state index contributed by atoms with van der Waals surface area (Å²) in [7, 11) is 0. The third kappa shape index (κ3) is 3.86. The monoisotopic (exact) mass is 424 g/mol. The Morgan fingerprint density at radius 3 is 2.41 bits per heavy atom. The number of hydrogen-bond acceptors (Lipinski definition) is 2. The highest BCUT2D eigenvalue weighted by atomic mass is 35.5. The molecule has 2 aliphatic heterocycles. The van der Waals surface area contributed by atoms with Gasteiger partial charge in [-0.05, 0) is 72.1 Å². The first-order chi connectivity index (χ1) is 14.2. The minimum Gasteiger partial charge on any atom is -0.308 e. The first-order valence-electron chi connectivity index (χ1n) is 10.6. The van der Waals surface area contributed by atoms with Gasteiger partial charge in [0.15, 0.2) is 0 Å². The largest absolute Gasteiger partial charge is 0.308 e. The normalized spacial score (nSPS) is 22.6. The molecule has 0 N–H and O–H groups in total. The molecular weight excluding hydrogens is 399 g/mol. The molecule has 5 rings (SSSR count). The molecule has 2 aromatic rings. The smallest absolute Gasteiger partial charge is 0.0577 e. The Morgan fingerprint density at radius 2 is 1.62 bits per heavy atom. The van der Waals surface area contributed by atoms with E-state index in [1.807, 2.05) is 6.08 Å². The zero-order chi connectivity index (χ0) is 19.8. The fourth-order valence-corrected chi connectivity index (χ4v) is 5.66. The van der Waals surface area contributed by atoms with Crippen LogP contribution < -0.4 is 0 Å². The summed E-state index contributed by atoms with van der Waals surface area (Å²) >= 11 is 12.7. The molecule has 0 bridgehead atoms. The molecule has 0 amide bonds. The third-order valence-electron chi connectivity index (χ3n) is 6.69. The van der Waals surface area contributed by atoms with Gasteiger partial charge in [-0.1, -0.05) is 59.6 Å². The van der Waals surface area contributed by atoms with Crippen LogP contribution in [0, 0.1) is 5.92 Å². The molecule has 2 aromatic carbocycles. The number of halogens is 2. The van der Waals surface area contributed by atoms with E-state index in [9.17, 15) is 0 Å². The van der Waals surface area contributed by atoms with Gasteiger partial charge in [-0.3, -0.25) is 0 Å². The third-order valence-corrected chi connectivity index (χ3v) is 7.15. The number of aryl methyl sites for hydroxylation is 2. The Hall–Kier alpha value is -1.74. The molecule has 150 valence electrons. The van der Waals surface area contributed by atoms with Gasteiger partial charge in [0.2, 0.25) is 0 Å². The SMILES string of the molecule is ClC1=CN(N2CCC(C3c4ccccc4CCc4ccc(Cl)cc43)CC2)CC=C1. The Balaban J connectivity index is 1.44. The van der Waals surface area contributed by atoms with Crippen molar-refractivity contribution >= 4 is 23.2 Å². The lowest BCUT2D eigenvalue weighted by Crippen LogP contribution is -2.45. The van der Waals surface area contributed by atoms with E-state index in [0.717, 1.165) is 42.5 Å². The van der Waals surface area contributed by atoms with Crippen LogP contribution in [0.25, 0.3) is 0 Å². The maximum Gasteiger partial charge on any atom is 0.0577 e. The molecule has 29 heavy (non-hydrogen) atoms. The Labute approximate surface area is 183 Å². The van der Waals surface area contributed by atoms with Crippen LogP contribution in [0.5, 0.6) is 0 Å². The first kappa shape index (κ1) is 19.2. The van der Waals surface area contributed by atoms with Crippen LogP contribution in [-0.2, 0) is 12.8 Å². The lowest BCUT2D eigenvalue weighted by molar-refractivity contribution is -0.00359. The average Bonchev–Trinajstić information content (AvgIpc) is 2.90. The Morgan fingerprint density at radius 1 is 0.862 bits per heavy atom. The molecule has 4 heteroatoms. The zero-order valence-corrected chi connectivity index (χ0v) is 18.0. The van der Waals surface area contributed by atoms with Crippen molar-refractivity contribution in [2.75, 3.05) is 19.6 Å². The standard InChI is InChI=1S/C25H26Cl2N2/c26-21-10-9-19-8-7-18-4-1-2-6-23(18)25(24(19)16-21)20-11-14-28(15-12-20)29-13-3-5-22(27)17-29/h1-6,9-10,16-17,20,25H,7-8,11-15H2. The molecule has 0 radical (unpaired) electrons. The minimum absolute atomic E-state index is 0.435. The summed E-state index contributed by atoms with van der Waals surface area (Å²) in [5.41, 5.74) is 5.93. The summed E-state index contributed by atoms with van der Waals surface area (Å²) in [6.45, 7) is 3.03. The van der Waals surface area contributed by atoms with Crippen LogP contribution in [-0.4, -0.2) is 29.7 Å². The van der Waals surface area contributed by atoms with E-state index in [2.05, 4.69) is 64.8 Å². The van der Waals surface area contributed by atoms with Gasteiger partial charge in [0.05, 0.1) is 11.6 Å². The van der Waals surface area contributed by atoms with Gasteiger partial charge in [-0.25, -0.2) is 5.01 Å². The molecule has 2 heterocycles. The average molecular weight is 425 g/mol. The Bertz CT molecular complexity index is 957. The van der Waals surface area contributed by atoms with Gasteiger partial charge < -0.3 is 5.01 Å². The van der Waals surface area contributed by atoms with E-state index in [-0.39, 0.29) is 0 Å². The quantitative estimate of drug-likeness (QED) is 0.570. The van der Waals surface area contributed by atoms with Gasteiger partial charge in [-0.15, -0.1) is 0 Å². The van der Waals surface area contributed by atoms with E-state index >= 15 is 0 Å². The van der Waals surface area contributed by atoms with Crippen molar-refractivity contribution in [1.82, 2.24) is 10.0 Å². The van der Waals surface area contributed by atoms with Crippen LogP contribution in [0.1, 0.15) is 41.0 Å². The van der Waals surface area contributed by atoms with E-state index < -0.39 is 0 Å². The van der Waals surface area contributed by atoms with Crippen LogP contribution >= 0.6 is 23.2 Å². The topological polar surface area (TPSA) is 6.48 Å².